The number of nitro benzene ring substituents is 1. The number of β-amino-alcohol motifs (C(OH)–C–C–N with tert-alkyl or cyclic N) is 1. The molecule has 1 saturated heterocycles. The number of ether oxygens (including phenoxy) is 3. The monoisotopic (exact) mass is 548 g/mol. The molecule has 4 aromatic rings. The van der Waals surface area contributed by atoms with Crippen LogP contribution >= 0.6 is 0 Å². The van der Waals surface area contributed by atoms with Gasteiger partial charge in [0.2, 0.25) is 0 Å². The lowest BCUT2D eigenvalue weighted by Crippen LogP contribution is -2.43. The van der Waals surface area contributed by atoms with Crippen LogP contribution in [0.25, 0.3) is 21.9 Å². The lowest BCUT2D eigenvalue weighted by atomic mass is 10.0. The Hall–Kier alpha value is -4.64. The molecule has 0 spiro atoms. The second-order valence-electron chi connectivity index (χ2n) is 9.70. The molecule has 0 radical (unpaired) electrons. The van der Waals surface area contributed by atoms with Crippen LogP contribution in [0.5, 0.6) is 5.75 Å². The Balaban J connectivity index is 1.44. The molecule has 4 atom stereocenters. The third-order valence-electron chi connectivity index (χ3n) is 7.12. The number of methoxy groups -OCH3 is 1. The fourth-order valence-corrected chi connectivity index (χ4v) is 5.21. The Labute approximate surface area is 229 Å². The number of carbonyl (C=O) groups is 2. The summed E-state index contributed by atoms with van der Waals surface area (Å²) in [5, 5.41) is 24.1. The molecule has 1 N–H and O–H groups in total. The quantitative estimate of drug-likeness (QED) is 0.193. The molecule has 3 aromatic carbocycles. The third kappa shape index (κ3) is 5.15. The molecule has 5 rings (SSSR count). The van der Waals surface area contributed by atoms with Gasteiger partial charge >= 0.3 is 12.1 Å². The number of aliphatic hydroxyl groups excluding tert-OH is 1. The van der Waals surface area contributed by atoms with Crippen LogP contribution in [0.3, 0.4) is 0 Å². The number of rotatable bonds is 7. The summed E-state index contributed by atoms with van der Waals surface area (Å²) in [6, 6.07) is 16.6. The lowest BCUT2D eigenvalue weighted by Gasteiger charge is -2.28. The van der Waals surface area contributed by atoms with Gasteiger partial charge in [0.15, 0.2) is 0 Å². The normalized spacial score (nSPS) is 19.5. The van der Waals surface area contributed by atoms with Crippen molar-refractivity contribution in [2.45, 2.75) is 44.6 Å². The molecule has 2 heterocycles. The van der Waals surface area contributed by atoms with E-state index in [0.29, 0.717) is 22.3 Å². The standard InChI is InChI=1S/C29H28N2O9/c1-16(21-13-22-20-6-4-5-7-26(20)40-27(22)14-23(21)31(35)36)38-29(34)30-15-25(33)28(39-17(2)32)24(30)12-18-8-10-19(37-3)11-9-18/h4-11,13-14,16,24-25,28,33H,12,15H2,1-3H3. The number of hydrogen-bond donors (Lipinski definition) is 1. The maximum Gasteiger partial charge on any atom is 0.410 e. The summed E-state index contributed by atoms with van der Waals surface area (Å²) in [6.07, 6.45) is -3.68. The number of fused-ring (bicyclic) bond motifs is 3. The molecule has 11 nitrogen and oxygen atoms in total. The van der Waals surface area contributed by atoms with Crippen molar-refractivity contribution in [1.29, 1.82) is 0 Å². The summed E-state index contributed by atoms with van der Waals surface area (Å²) < 4.78 is 22.1. The number of furan rings is 1. The first-order valence-electron chi connectivity index (χ1n) is 12.7. The summed E-state index contributed by atoms with van der Waals surface area (Å²) >= 11 is 0. The summed E-state index contributed by atoms with van der Waals surface area (Å²) in [7, 11) is 1.55. The number of benzene rings is 3. The molecule has 1 aromatic heterocycles. The van der Waals surface area contributed by atoms with Crippen molar-refractivity contribution in [3.8, 4) is 5.75 Å². The van der Waals surface area contributed by atoms with E-state index < -0.39 is 41.3 Å². The first-order chi connectivity index (χ1) is 19.2. The van der Waals surface area contributed by atoms with Crippen LogP contribution in [0.1, 0.15) is 31.1 Å². The fraction of sp³-hybridized carbons (Fsp3) is 0.310. The maximum atomic E-state index is 13.5. The number of amides is 1. The smallest absolute Gasteiger partial charge is 0.410 e. The molecule has 40 heavy (non-hydrogen) atoms. The van der Waals surface area contributed by atoms with Crippen LogP contribution in [0.15, 0.2) is 65.1 Å². The number of likely N-dealkylation sites (tertiary alicyclic amines) is 1. The number of nitro groups is 1. The number of esters is 1. The zero-order valence-corrected chi connectivity index (χ0v) is 22.1. The van der Waals surface area contributed by atoms with Gasteiger partial charge in [0.1, 0.15) is 35.2 Å². The van der Waals surface area contributed by atoms with E-state index >= 15 is 0 Å². The van der Waals surface area contributed by atoms with Crippen LogP contribution < -0.4 is 4.74 Å². The Morgan fingerprint density at radius 2 is 1.85 bits per heavy atom. The second kappa shape index (κ2) is 10.9. The topological polar surface area (TPSA) is 142 Å². The Morgan fingerprint density at radius 3 is 2.52 bits per heavy atom. The van der Waals surface area contributed by atoms with Crippen LogP contribution in [-0.4, -0.2) is 58.9 Å². The SMILES string of the molecule is COc1ccc(CC2C(OC(C)=O)C(O)CN2C(=O)OC(C)c2cc3c(cc2[N+](=O)[O-])oc2ccccc23)cc1. The van der Waals surface area contributed by atoms with E-state index in [1.54, 1.807) is 44.4 Å². The first-order valence-corrected chi connectivity index (χ1v) is 12.7. The highest BCUT2D eigenvalue weighted by Crippen LogP contribution is 2.37. The van der Waals surface area contributed by atoms with E-state index in [9.17, 15) is 24.8 Å². The average Bonchev–Trinajstić information content (AvgIpc) is 3.45. The van der Waals surface area contributed by atoms with Gasteiger partial charge in [0.05, 0.1) is 36.2 Å². The molecule has 11 heteroatoms. The number of para-hydroxylation sites is 1. The highest BCUT2D eigenvalue weighted by atomic mass is 16.6. The molecule has 208 valence electrons. The van der Waals surface area contributed by atoms with Crippen molar-refractivity contribution in [2.75, 3.05) is 13.7 Å². The zero-order chi connectivity index (χ0) is 28.6. The maximum absolute atomic E-state index is 13.5. The van der Waals surface area contributed by atoms with E-state index in [0.717, 1.165) is 10.9 Å². The third-order valence-corrected chi connectivity index (χ3v) is 7.12. The van der Waals surface area contributed by atoms with E-state index in [-0.39, 0.29) is 24.2 Å². The summed E-state index contributed by atoms with van der Waals surface area (Å²) in [5.41, 5.74) is 1.69. The summed E-state index contributed by atoms with van der Waals surface area (Å²) in [6.45, 7) is 2.63. The fourth-order valence-electron chi connectivity index (χ4n) is 5.21. The van der Waals surface area contributed by atoms with E-state index in [1.165, 1.54) is 17.9 Å². The van der Waals surface area contributed by atoms with Gasteiger partial charge in [0, 0.05) is 17.7 Å². The molecule has 1 aliphatic heterocycles. The Kier molecular flexibility index (Phi) is 7.31. The van der Waals surface area contributed by atoms with Gasteiger partial charge in [0.25, 0.3) is 5.69 Å². The number of carbonyl (C=O) groups excluding carboxylic acids is 2. The summed E-state index contributed by atoms with van der Waals surface area (Å²) in [4.78, 5) is 37.9. The van der Waals surface area contributed by atoms with Gasteiger partial charge < -0.3 is 23.7 Å². The summed E-state index contributed by atoms with van der Waals surface area (Å²) in [5.74, 6) is 0.0597. The second-order valence-corrected chi connectivity index (χ2v) is 9.70. The lowest BCUT2D eigenvalue weighted by molar-refractivity contribution is -0.386. The molecule has 1 amide bonds. The van der Waals surface area contributed by atoms with Crippen molar-refractivity contribution in [3.63, 3.8) is 0 Å². The molecule has 1 aliphatic rings. The van der Waals surface area contributed by atoms with Crippen molar-refractivity contribution >= 4 is 39.7 Å². The minimum Gasteiger partial charge on any atom is -0.497 e. The predicted molar refractivity (Wildman–Crippen MR) is 144 cm³/mol. The number of aliphatic hydroxyl groups is 1. The van der Waals surface area contributed by atoms with Crippen molar-refractivity contribution in [1.82, 2.24) is 4.90 Å². The van der Waals surface area contributed by atoms with Crippen LogP contribution in [0.4, 0.5) is 10.5 Å². The van der Waals surface area contributed by atoms with Gasteiger partial charge in [-0.25, -0.2) is 4.79 Å². The molecule has 4 unspecified atom stereocenters. The van der Waals surface area contributed by atoms with Gasteiger partial charge in [-0.05, 0) is 43.2 Å². The average molecular weight is 549 g/mol. The molecule has 0 saturated carbocycles. The molecule has 0 aliphatic carbocycles. The van der Waals surface area contributed by atoms with E-state index in [2.05, 4.69) is 0 Å². The first kappa shape index (κ1) is 26.9. The molecule has 1 fully saturated rings. The van der Waals surface area contributed by atoms with E-state index in [1.807, 2.05) is 24.3 Å². The number of nitrogens with zero attached hydrogens (tertiary/aromatic N) is 2. The van der Waals surface area contributed by atoms with Crippen LogP contribution in [0.2, 0.25) is 0 Å². The van der Waals surface area contributed by atoms with Crippen LogP contribution in [0, 0.1) is 10.1 Å². The Morgan fingerprint density at radius 1 is 1.12 bits per heavy atom. The van der Waals surface area contributed by atoms with E-state index in [4.69, 9.17) is 18.6 Å². The van der Waals surface area contributed by atoms with Gasteiger partial charge in [-0.2, -0.15) is 0 Å². The highest BCUT2D eigenvalue weighted by molar-refractivity contribution is 6.05. The van der Waals surface area contributed by atoms with Crippen molar-refractivity contribution in [2.24, 2.45) is 0 Å². The molecular weight excluding hydrogens is 520 g/mol. The van der Waals surface area contributed by atoms with Gasteiger partial charge in [-0.1, -0.05) is 30.3 Å². The molecular formula is C29H28N2O9. The van der Waals surface area contributed by atoms with Crippen molar-refractivity contribution in [3.05, 3.63) is 81.9 Å². The largest absolute Gasteiger partial charge is 0.497 e. The highest BCUT2D eigenvalue weighted by Gasteiger charge is 2.46. The predicted octanol–water partition coefficient (Wildman–Crippen LogP) is 4.92. The molecule has 0 bridgehead atoms. The van der Waals surface area contributed by atoms with Gasteiger partial charge in [-0.15, -0.1) is 0 Å². The van der Waals surface area contributed by atoms with Gasteiger partial charge in [-0.3, -0.25) is 19.8 Å². The van der Waals surface area contributed by atoms with Crippen molar-refractivity contribution < 1.29 is 38.2 Å². The zero-order valence-electron chi connectivity index (χ0n) is 22.1. The van der Waals surface area contributed by atoms with Crippen LogP contribution in [-0.2, 0) is 20.7 Å². The minimum atomic E-state index is -1.14. The number of hydrogen-bond acceptors (Lipinski definition) is 9. The Bertz CT molecular complexity index is 1580. The minimum absolute atomic E-state index is 0.141.